The van der Waals surface area contributed by atoms with E-state index in [0.29, 0.717) is 10.9 Å². The molecule has 0 bridgehead atoms. The minimum absolute atomic E-state index is 0.0261. The molecule has 122 valence electrons. The number of aromatic nitrogens is 2. The molecule has 0 aliphatic heterocycles. The van der Waals surface area contributed by atoms with Gasteiger partial charge in [-0.2, -0.15) is 0 Å². The molecule has 2 aromatic carbocycles. The standard InChI is InChI=1S/C16H10Cl2N2O3S/c1-23-13-10(6-8(17)7-11(13)18)15(22)20-14(21)9-4-2-3-5-12(9)19-16(20)24/h2-7H,1H3,(H,19,24). The molecule has 0 aliphatic rings. The fourth-order valence-electron chi connectivity index (χ4n) is 2.39. The van der Waals surface area contributed by atoms with E-state index in [1.807, 2.05) is 0 Å². The van der Waals surface area contributed by atoms with E-state index in [2.05, 4.69) is 4.98 Å². The van der Waals surface area contributed by atoms with Crippen molar-refractivity contribution in [1.82, 2.24) is 9.55 Å². The van der Waals surface area contributed by atoms with Crippen molar-refractivity contribution in [2.45, 2.75) is 0 Å². The zero-order chi connectivity index (χ0) is 17.4. The van der Waals surface area contributed by atoms with E-state index in [1.54, 1.807) is 24.3 Å². The summed E-state index contributed by atoms with van der Waals surface area (Å²) in [7, 11) is 1.37. The summed E-state index contributed by atoms with van der Waals surface area (Å²) in [4.78, 5) is 28.4. The second-order valence-corrected chi connectivity index (χ2v) is 6.12. The van der Waals surface area contributed by atoms with Crippen molar-refractivity contribution < 1.29 is 9.53 Å². The van der Waals surface area contributed by atoms with E-state index in [0.717, 1.165) is 4.57 Å². The number of rotatable bonds is 2. The van der Waals surface area contributed by atoms with E-state index < -0.39 is 11.5 Å². The van der Waals surface area contributed by atoms with Crippen LogP contribution >= 0.6 is 35.4 Å². The van der Waals surface area contributed by atoms with Crippen LogP contribution < -0.4 is 10.3 Å². The minimum Gasteiger partial charge on any atom is -0.494 e. The Balaban J connectivity index is 2.32. The summed E-state index contributed by atoms with van der Waals surface area (Å²) in [5.74, 6) is -0.547. The van der Waals surface area contributed by atoms with Crippen LogP contribution in [0.2, 0.25) is 10.0 Å². The first-order chi connectivity index (χ1) is 11.4. The molecular formula is C16H10Cl2N2O3S. The van der Waals surface area contributed by atoms with Crippen molar-refractivity contribution in [1.29, 1.82) is 0 Å². The van der Waals surface area contributed by atoms with Gasteiger partial charge in [-0.05, 0) is 36.5 Å². The van der Waals surface area contributed by atoms with Gasteiger partial charge in [-0.3, -0.25) is 9.59 Å². The topological polar surface area (TPSA) is 64.1 Å². The minimum atomic E-state index is -0.673. The molecule has 0 amide bonds. The fraction of sp³-hybridized carbons (Fsp3) is 0.0625. The molecule has 0 fully saturated rings. The molecule has 0 atom stereocenters. The number of nitrogens with one attached hydrogen (secondary N) is 1. The van der Waals surface area contributed by atoms with Gasteiger partial charge in [-0.1, -0.05) is 35.3 Å². The molecule has 3 aromatic rings. The van der Waals surface area contributed by atoms with Gasteiger partial charge in [0.1, 0.15) is 5.75 Å². The third-order valence-electron chi connectivity index (χ3n) is 3.45. The zero-order valence-electron chi connectivity index (χ0n) is 12.3. The smallest absolute Gasteiger partial charge is 0.271 e. The van der Waals surface area contributed by atoms with E-state index in [9.17, 15) is 9.59 Å². The maximum Gasteiger partial charge on any atom is 0.271 e. The third kappa shape index (κ3) is 2.73. The molecule has 0 unspecified atom stereocenters. The van der Waals surface area contributed by atoms with Crippen LogP contribution in [0.15, 0.2) is 41.2 Å². The van der Waals surface area contributed by atoms with Crippen LogP contribution in [0.5, 0.6) is 5.75 Å². The van der Waals surface area contributed by atoms with Crippen molar-refractivity contribution in [2.75, 3.05) is 7.11 Å². The number of para-hydroxylation sites is 1. The Kier molecular flexibility index (Phi) is 4.45. The molecule has 0 aliphatic carbocycles. The molecule has 5 nitrogen and oxygen atoms in total. The van der Waals surface area contributed by atoms with Crippen LogP contribution in [-0.4, -0.2) is 22.6 Å². The number of carbonyl (C=O) groups excluding carboxylic acids is 1. The van der Waals surface area contributed by atoms with Gasteiger partial charge in [0.05, 0.1) is 28.6 Å². The quantitative estimate of drug-likeness (QED) is 0.680. The predicted octanol–water partition coefficient (Wildman–Crippen LogP) is 4.06. The molecule has 0 saturated carbocycles. The van der Waals surface area contributed by atoms with E-state index in [-0.39, 0.29) is 26.1 Å². The third-order valence-corrected chi connectivity index (χ3v) is 4.23. The van der Waals surface area contributed by atoms with Gasteiger partial charge in [-0.25, -0.2) is 4.57 Å². The van der Waals surface area contributed by atoms with Crippen LogP contribution in [0.4, 0.5) is 0 Å². The second kappa shape index (κ2) is 6.39. The van der Waals surface area contributed by atoms with E-state index in [4.69, 9.17) is 40.2 Å². The Morgan fingerprint density at radius 1 is 1.25 bits per heavy atom. The maximum absolute atomic E-state index is 12.9. The van der Waals surface area contributed by atoms with Crippen molar-refractivity contribution >= 4 is 52.2 Å². The van der Waals surface area contributed by atoms with Crippen molar-refractivity contribution in [2.24, 2.45) is 0 Å². The van der Waals surface area contributed by atoms with Crippen molar-refractivity contribution in [3.05, 3.63) is 67.1 Å². The Morgan fingerprint density at radius 3 is 2.67 bits per heavy atom. The molecule has 1 aromatic heterocycles. The highest BCUT2D eigenvalue weighted by Crippen LogP contribution is 2.32. The summed E-state index contributed by atoms with van der Waals surface area (Å²) in [5, 5.41) is 0.747. The number of methoxy groups -OCH3 is 1. The number of halogens is 2. The number of aromatic amines is 1. The number of nitrogens with zero attached hydrogens (tertiary/aromatic N) is 1. The molecule has 0 saturated heterocycles. The van der Waals surface area contributed by atoms with Gasteiger partial charge >= 0.3 is 0 Å². The van der Waals surface area contributed by atoms with Crippen molar-refractivity contribution in [3.63, 3.8) is 0 Å². The molecule has 3 rings (SSSR count). The van der Waals surface area contributed by atoms with Crippen LogP contribution in [-0.2, 0) is 0 Å². The fourth-order valence-corrected chi connectivity index (χ4v) is 3.24. The largest absolute Gasteiger partial charge is 0.494 e. The van der Waals surface area contributed by atoms with Crippen LogP contribution in [0.25, 0.3) is 10.9 Å². The average molecular weight is 381 g/mol. The van der Waals surface area contributed by atoms with Crippen LogP contribution in [0, 0.1) is 4.77 Å². The number of benzene rings is 2. The average Bonchev–Trinajstić information content (AvgIpc) is 2.54. The monoisotopic (exact) mass is 380 g/mol. The van der Waals surface area contributed by atoms with E-state index >= 15 is 0 Å². The van der Waals surface area contributed by atoms with Crippen LogP contribution in [0.1, 0.15) is 10.4 Å². The number of hydrogen-bond donors (Lipinski definition) is 1. The molecular weight excluding hydrogens is 371 g/mol. The number of fused-ring (bicyclic) bond motifs is 1. The highest BCUT2D eigenvalue weighted by Gasteiger charge is 2.21. The lowest BCUT2D eigenvalue weighted by atomic mass is 10.1. The molecule has 8 heteroatoms. The first kappa shape index (κ1) is 16.7. The first-order valence-corrected chi connectivity index (χ1v) is 7.92. The number of carbonyl (C=O) groups is 1. The molecule has 24 heavy (non-hydrogen) atoms. The van der Waals surface area contributed by atoms with Gasteiger partial charge in [0.2, 0.25) is 0 Å². The summed E-state index contributed by atoms with van der Waals surface area (Å²) in [5.41, 5.74) is 0.0667. The zero-order valence-corrected chi connectivity index (χ0v) is 14.6. The Labute approximate surface area is 151 Å². The predicted molar refractivity (Wildman–Crippen MR) is 96.1 cm³/mol. The summed E-state index contributed by atoms with van der Waals surface area (Å²) < 4.78 is 6.01. The SMILES string of the molecule is COc1c(Cl)cc(Cl)cc1C(=O)n1c(=S)[nH]c2ccccc2c1=O. The Bertz CT molecular complexity index is 1090. The van der Waals surface area contributed by atoms with Gasteiger partial charge in [0.25, 0.3) is 11.5 Å². The molecule has 0 spiro atoms. The van der Waals surface area contributed by atoms with Gasteiger partial charge in [-0.15, -0.1) is 0 Å². The van der Waals surface area contributed by atoms with Crippen molar-refractivity contribution in [3.8, 4) is 5.75 Å². The Hall–Kier alpha value is -2.15. The Morgan fingerprint density at radius 2 is 1.96 bits per heavy atom. The molecule has 0 radical (unpaired) electrons. The maximum atomic E-state index is 12.9. The van der Waals surface area contributed by atoms with E-state index in [1.165, 1.54) is 19.2 Å². The molecule has 1 N–H and O–H groups in total. The summed E-state index contributed by atoms with van der Waals surface area (Å²) in [6, 6.07) is 9.60. The first-order valence-electron chi connectivity index (χ1n) is 6.76. The van der Waals surface area contributed by atoms with Gasteiger partial charge in [0.15, 0.2) is 4.77 Å². The number of ether oxygens (including phenoxy) is 1. The number of H-pyrrole nitrogens is 1. The highest BCUT2D eigenvalue weighted by molar-refractivity contribution is 7.71. The van der Waals surface area contributed by atoms with Crippen LogP contribution in [0.3, 0.4) is 0 Å². The lowest BCUT2D eigenvalue weighted by Crippen LogP contribution is -2.29. The lowest BCUT2D eigenvalue weighted by molar-refractivity contribution is 0.0950. The summed E-state index contributed by atoms with van der Waals surface area (Å²) in [6.07, 6.45) is 0. The lowest BCUT2D eigenvalue weighted by Gasteiger charge is -2.12. The summed E-state index contributed by atoms with van der Waals surface area (Å²) >= 11 is 17.2. The normalized spacial score (nSPS) is 10.8. The van der Waals surface area contributed by atoms with Gasteiger partial charge < -0.3 is 9.72 Å². The van der Waals surface area contributed by atoms with Gasteiger partial charge in [0, 0.05) is 5.02 Å². The highest BCUT2D eigenvalue weighted by atomic mass is 35.5. The summed E-state index contributed by atoms with van der Waals surface area (Å²) in [6.45, 7) is 0. The number of hydrogen-bond acceptors (Lipinski definition) is 4. The molecule has 1 heterocycles. The second-order valence-electron chi connectivity index (χ2n) is 4.89.